The number of ether oxygens (including phenoxy) is 1. The van der Waals surface area contributed by atoms with Crippen molar-refractivity contribution >= 4 is 22.8 Å². The topological polar surface area (TPSA) is 100 Å². The summed E-state index contributed by atoms with van der Waals surface area (Å²) in [5, 5.41) is 0.985. The lowest BCUT2D eigenvalue weighted by molar-refractivity contribution is -0.164. The van der Waals surface area contributed by atoms with Crippen LogP contribution in [0.2, 0.25) is 0 Å². The number of hydrogen-bond acceptors (Lipinski definition) is 6. The molecule has 0 radical (unpaired) electrons. The molecule has 1 atom stereocenters. The number of hydrogen-bond donors (Lipinski definition) is 2. The number of amides is 1. The zero-order chi connectivity index (χ0) is 16.6. The molecule has 4 rings (SSSR count). The second-order valence-electron chi connectivity index (χ2n) is 6.38. The van der Waals surface area contributed by atoms with Crippen LogP contribution in [0.3, 0.4) is 0 Å². The molecule has 1 spiro atoms. The van der Waals surface area contributed by atoms with Crippen LogP contribution in [0, 0.1) is 0 Å². The van der Waals surface area contributed by atoms with Crippen LogP contribution in [0.5, 0.6) is 0 Å². The van der Waals surface area contributed by atoms with Gasteiger partial charge in [0.25, 0.3) is 0 Å². The molecule has 1 amide bonds. The van der Waals surface area contributed by atoms with Crippen LogP contribution >= 0.6 is 0 Å². The average Bonchev–Trinajstić information content (AvgIpc) is 3.18. The van der Waals surface area contributed by atoms with Crippen molar-refractivity contribution < 1.29 is 9.53 Å². The van der Waals surface area contributed by atoms with Gasteiger partial charge in [0, 0.05) is 19.3 Å². The van der Waals surface area contributed by atoms with E-state index in [9.17, 15) is 4.79 Å². The number of H-pyrrole nitrogens is 1. The largest absolute Gasteiger partial charge is 0.346 e. The number of nitrogens with zero attached hydrogens (tertiary/aromatic N) is 4. The van der Waals surface area contributed by atoms with Crippen LogP contribution in [0.25, 0.3) is 11.0 Å². The first-order valence-electron chi connectivity index (χ1n) is 8.41. The third-order valence-electron chi connectivity index (χ3n) is 5.03. The van der Waals surface area contributed by atoms with Crippen LogP contribution in [0.4, 0.5) is 5.82 Å². The van der Waals surface area contributed by atoms with Gasteiger partial charge in [0.1, 0.15) is 30.2 Å². The molecule has 4 heterocycles. The lowest BCUT2D eigenvalue weighted by Crippen LogP contribution is -2.51. The van der Waals surface area contributed by atoms with Gasteiger partial charge < -0.3 is 25.3 Å². The molecule has 0 aliphatic carbocycles. The molecule has 8 heteroatoms. The monoisotopic (exact) mass is 330 g/mol. The van der Waals surface area contributed by atoms with Crippen molar-refractivity contribution in [3.8, 4) is 0 Å². The first kappa shape index (κ1) is 15.3. The first-order chi connectivity index (χ1) is 11.7. The Morgan fingerprint density at radius 3 is 3.00 bits per heavy atom. The van der Waals surface area contributed by atoms with Crippen LogP contribution in [0.15, 0.2) is 18.6 Å². The molecule has 0 bridgehead atoms. The second-order valence-corrected chi connectivity index (χ2v) is 6.38. The van der Waals surface area contributed by atoms with Gasteiger partial charge in [0.05, 0.1) is 11.9 Å². The number of carbonyl (C=O) groups is 1. The fourth-order valence-electron chi connectivity index (χ4n) is 3.88. The summed E-state index contributed by atoms with van der Waals surface area (Å²) in [7, 11) is 0. The van der Waals surface area contributed by atoms with Gasteiger partial charge in [0.2, 0.25) is 5.91 Å². The number of fused-ring (bicyclic) bond motifs is 1. The lowest BCUT2D eigenvalue weighted by Gasteiger charge is -2.37. The van der Waals surface area contributed by atoms with Gasteiger partial charge in [-0.2, -0.15) is 0 Å². The predicted molar refractivity (Wildman–Crippen MR) is 89.2 cm³/mol. The van der Waals surface area contributed by atoms with E-state index in [4.69, 9.17) is 10.5 Å². The fourth-order valence-corrected chi connectivity index (χ4v) is 3.88. The summed E-state index contributed by atoms with van der Waals surface area (Å²) in [4.78, 5) is 27.9. The first-order valence-corrected chi connectivity index (χ1v) is 8.41. The molecule has 128 valence electrons. The Kier molecular flexibility index (Phi) is 3.85. The smallest absolute Gasteiger partial charge is 0.238 e. The van der Waals surface area contributed by atoms with E-state index in [0.717, 1.165) is 55.6 Å². The number of nitrogens with two attached hydrogens (primary N) is 1. The van der Waals surface area contributed by atoms with Gasteiger partial charge in [-0.3, -0.25) is 4.79 Å². The summed E-state index contributed by atoms with van der Waals surface area (Å²) in [6.45, 7) is 2.01. The number of aromatic amines is 1. The Balaban J connectivity index is 1.58. The van der Waals surface area contributed by atoms with Crippen LogP contribution in [-0.2, 0) is 9.53 Å². The molecule has 2 aliphatic rings. The second kappa shape index (κ2) is 6.03. The van der Waals surface area contributed by atoms with E-state index >= 15 is 0 Å². The van der Waals surface area contributed by atoms with Crippen LogP contribution in [0.1, 0.15) is 25.7 Å². The summed E-state index contributed by atoms with van der Waals surface area (Å²) in [5.41, 5.74) is 5.89. The minimum atomic E-state index is -0.504. The molecule has 0 aromatic carbocycles. The van der Waals surface area contributed by atoms with Gasteiger partial charge in [-0.1, -0.05) is 0 Å². The molecule has 2 aromatic heterocycles. The Labute approximate surface area is 140 Å². The van der Waals surface area contributed by atoms with Crippen LogP contribution < -0.4 is 10.6 Å². The molecule has 2 aliphatic heterocycles. The van der Waals surface area contributed by atoms with E-state index < -0.39 is 5.72 Å². The number of anilines is 1. The number of rotatable bonds is 2. The highest BCUT2D eigenvalue weighted by molar-refractivity contribution is 5.87. The van der Waals surface area contributed by atoms with E-state index in [2.05, 4.69) is 19.9 Å². The number of aromatic nitrogens is 3. The van der Waals surface area contributed by atoms with Gasteiger partial charge >= 0.3 is 0 Å². The highest BCUT2D eigenvalue weighted by atomic mass is 16.5. The predicted octanol–water partition coefficient (Wildman–Crippen LogP) is 0.810. The normalized spacial score (nSPS) is 24.7. The minimum absolute atomic E-state index is 0.0315. The quantitative estimate of drug-likeness (QED) is 0.845. The van der Waals surface area contributed by atoms with Gasteiger partial charge in [-0.15, -0.1) is 0 Å². The molecule has 24 heavy (non-hydrogen) atoms. The summed E-state index contributed by atoms with van der Waals surface area (Å²) >= 11 is 0. The van der Waals surface area contributed by atoms with Crippen molar-refractivity contribution in [2.45, 2.75) is 31.4 Å². The summed E-state index contributed by atoms with van der Waals surface area (Å²) < 4.78 is 6.28. The number of nitrogens with one attached hydrogen (secondary N) is 1. The molecule has 8 nitrogen and oxygen atoms in total. The third-order valence-corrected chi connectivity index (χ3v) is 5.03. The fraction of sp³-hybridized carbons (Fsp3) is 0.562. The van der Waals surface area contributed by atoms with Crippen molar-refractivity contribution in [3.05, 3.63) is 18.6 Å². The van der Waals surface area contributed by atoms with Gasteiger partial charge in [-0.05, 0) is 31.7 Å². The highest BCUT2D eigenvalue weighted by Crippen LogP contribution is 2.37. The Morgan fingerprint density at radius 1 is 1.33 bits per heavy atom. The number of likely N-dealkylation sites (tertiary alicyclic amines) is 1. The maximum atomic E-state index is 12.2. The summed E-state index contributed by atoms with van der Waals surface area (Å²) in [6.07, 6.45) is 7.02. The van der Waals surface area contributed by atoms with Crippen LogP contribution in [-0.4, -0.2) is 57.8 Å². The molecule has 2 aromatic rings. The molecule has 2 fully saturated rings. The van der Waals surface area contributed by atoms with E-state index in [1.54, 1.807) is 6.33 Å². The van der Waals surface area contributed by atoms with Gasteiger partial charge in [0.15, 0.2) is 0 Å². The maximum Gasteiger partial charge on any atom is 0.238 e. The average molecular weight is 330 g/mol. The zero-order valence-electron chi connectivity index (χ0n) is 13.6. The molecule has 0 unspecified atom stereocenters. The number of carbonyl (C=O) groups excluding carboxylic acids is 1. The maximum absolute atomic E-state index is 12.2. The molecular formula is C16H22N6O2. The Morgan fingerprint density at radius 2 is 2.17 bits per heavy atom. The Hall–Kier alpha value is -2.19. The van der Waals surface area contributed by atoms with Crippen molar-refractivity contribution in [3.63, 3.8) is 0 Å². The standard InChI is InChI=1S/C16H22N6O2/c17-9-13(23)22-8-2-5-16(22)4-1-7-21(11-24-16)15-12-3-6-18-14(12)19-10-20-15/h3,6,10H,1-2,4-5,7-9,11,17H2,(H,18,19,20)/t16-/m0/s1. The lowest BCUT2D eigenvalue weighted by atomic mass is 10.0. The highest BCUT2D eigenvalue weighted by Gasteiger charge is 2.45. The van der Waals surface area contributed by atoms with Crippen molar-refractivity contribution in [2.24, 2.45) is 5.73 Å². The van der Waals surface area contributed by atoms with Gasteiger partial charge in [-0.25, -0.2) is 9.97 Å². The molecule has 0 saturated carbocycles. The van der Waals surface area contributed by atoms with Crippen molar-refractivity contribution in [1.29, 1.82) is 0 Å². The van der Waals surface area contributed by atoms with E-state index in [0.29, 0.717) is 6.73 Å². The molecule has 2 saturated heterocycles. The SMILES string of the molecule is NCC(=O)N1CCC[C@@]12CCCN(c1ncnc3[nH]ccc13)CO2. The summed E-state index contributed by atoms with van der Waals surface area (Å²) in [5.74, 6) is 0.837. The minimum Gasteiger partial charge on any atom is -0.346 e. The summed E-state index contributed by atoms with van der Waals surface area (Å²) in [6, 6.07) is 1.98. The van der Waals surface area contributed by atoms with Crippen molar-refractivity contribution in [2.75, 3.05) is 31.3 Å². The molecule has 3 N–H and O–H groups in total. The van der Waals surface area contributed by atoms with E-state index in [1.165, 1.54) is 0 Å². The van der Waals surface area contributed by atoms with Crippen molar-refractivity contribution in [1.82, 2.24) is 19.9 Å². The molecular weight excluding hydrogens is 308 g/mol. The van der Waals surface area contributed by atoms with E-state index in [1.807, 2.05) is 17.2 Å². The third kappa shape index (κ3) is 2.42. The Bertz CT molecular complexity index is 747. The van der Waals surface area contributed by atoms with E-state index in [-0.39, 0.29) is 12.5 Å². The zero-order valence-corrected chi connectivity index (χ0v) is 13.6.